The van der Waals surface area contributed by atoms with Crippen LogP contribution >= 0.6 is 11.3 Å². The molecule has 1 aliphatic rings. The first kappa shape index (κ1) is 25.6. The van der Waals surface area contributed by atoms with Gasteiger partial charge in [-0.05, 0) is 48.5 Å². The minimum Gasteiger partial charge on any atom is -0.491 e. The molecule has 38 heavy (non-hydrogen) atoms. The summed E-state index contributed by atoms with van der Waals surface area (Å²) in [5.74, 6) is 0.0378. The van der Waals surface area contributed by atoms with Crippen molar-refractivity contribution >= 4 is 55.4 Å². The van der Waals surface area contributed by atoms with Crippen LogP contribution in [-0.2, 0) is 16.1 Å². The van der Waals surface area contributed by atoms with E-state index in [1.54, 1.807) is 7.11 Å². The van der Waals surface area contributed by atoms with E-state index < -0.39 is 0 Å². The van der Waals surface area contributed by atoms with Crippen molar-refractivity contribution in [3.05, 3.63) is 65.6 Å². The molecule has 4 aromatic rings. The van der Waals surface area contributed by atoms with E-state index in [2.05, 4.69) is 17.2 Å². The highest BCUT2D eigenvalue weighted by atomic mass is 32.1. The van der Waals surface area contributed by atoms with Crippen molar-refractivity contribution in [2.75, 3.05) is 32.2 Å². The number of methoxy groups -OCH3 is 1. The van der Waals surface area contributed by atoms with Gasteiger partial charge in [-0.2, -0.15) is 0 Å². The second-order valence-corrected chi connectivity index (χ2v) is 10.2. The van der Waals surface area contributed by atoms with Gasteiger partial charge in [0.15, 0.2) is 0 Å². The molecular weight excluding hydrogens is 500 g/mol. The number of fused-ring (bicyclic) bond motifs is 5. The molecular formula is C29H28N4O4S. The number of nitrogens with zero attached hydrogens (tertiary/aromatic N) is 1. The largest absolute Gasteiger partial charge is 0.491 e. The fourth-order valence-corrected chi connectivity index (χ4v) is 5.65. The van der Waals surface area contributed by atoms with Crippen molar-refractivity contribution in [1.82, 2.24) is 10.3 Å². The van der Waals surface area contributed by atoms with E-state index in [0.717, 1.165) is 43.5 Å². The lowest BCUT2D eigenvalue weighted by molar-refractivity contribution is -0.116. The highest BCUT2D eigenvalue weighted by Crippen LogP contribution is 2.42. The van der Waals surface area contributed by atoms with Crippen LogP contribution in [0.1, 0.15) is 22.2 Å². The summed E-state index contributed by atoms with van der Waals surface area (Å²) in [4.78, 5) is 30.2. The number of ether oxygens (including phenoxy) is 2. The van der Waals surface area contributed by atoms with Crippen LogP contribution in [-0.4, -0.2) is 49.3 Å². The van der Waals surface area contributed by atoms with E-state index in [4.69, 9.17) is 19.9 Å². The summed E-state index contributed by atoms with van der Waals surface area (Å²) in [7, 11) is 1.61. The van der Waals surface area contributed by atoms with Crippen LogP contribution in [0.2, 0.25) is 0 Å². The van der Waals surface area contributed by atoms with Gasteiger partial charge in [0.2, 0.25) is 11.7 Å². The number of nitrogens with one attached hydrogen (secondary N) is 3. The van der Waals surface area contributed by atoms with E-state index in [9.17, 15) is 9.59 Å². The van der Waals surface area contributed by atoms with E-state index >= 15 is 0 Å². The number of anilines is 1. The summed E-state index contributed by atoms with van der Waals surface area (Å²) in [6, 6.07) is 13.7. The zero-order valence-electron chi connectivity index (χ0n) is 21.2. The third-order valence-corrected chi connectivity index (χ3v) is 7.74. The summed E-state index contributed by atoms with van der Waals surface area (Å²) >= 11 is 1.42. The minimum absolute atomic E-state index is 0.141. The van der Waals surface area contributed by atoms with Crippen LogP contribution in [0.25, 0.3) is 32.2 Å². The molecule has 9 heteroatoms. The topological polar surface area (TPSA) is 113 Å². The Bertz CT molecular complexity index is 1590. The van der Waals surface area contributed by atoms with Crippen LogP contribution in [0, 0.1) is 11.3 Å². The molecule has 0 radical (unpaired) electrons. The zero-order chi connectivity index (χ0) is 26.8. The van der Waals surface area contributed by atoms with Gasteiger partial charge < -0.3 is 25.5 Å². The lowest BCUT2D eigenvalue weighted by Crippen LogP contribution is -2.22. The number of hydrogen-bond acceptors (Lipinski definition) is 8. The molecule has 1 amide bonds. The number of carbonyl (C=O) groups excluding carboxylic acids is 2. The van der Waals surface area contributed by atoms with Gasteiger partial charge in [0.05, 0.1) is 29.2 Å². The fraction of sp³-hybridized carbons (Fsp3) is 0.241. The highest BCUT2D eigenvalue weighted by molar-refractivity contribution is 7.22. The highest BCUT2D eigenvalue weighted by Gasteiger charge is 2.29. The molecule has 2 aromatic carbocycles. The van der Waals surface area contributed by atoms with Crippen molar-refractivity contribution in [3.8, 4) is 17.0 Å². The number of benzene rings is 2. The molecule has 0 saturated carbocycles. The number of rotatable bonds is 8. The number of hydrogen-bond donors (Lipinski definition) is 3. The Labute approximate surface area is 224 Å². The average Bonchev–Trinajstić information content (AvgIpc) is 3.28. The predicted octanol–water partition coefficient (Wildman–Crippen LogP) is 5.21. The molecule has 0 saturated heterocycles. The Hall–Kier alpha value is -4.08. The molecule has 2 aromatic heterocycles. The maximum atomic E-state index is 12.9. The van der Waals surface area contributed by atoms with Crippen LogP contribution in [0.5, 0.6) is 5.75 Å². The van der Waals surface area contributed by atoms with E-state index in [1.165, 1.54) is 17.4 Å². The number of Topliss-reactive ketones (excluding diaryl/α,β-unsaturated/α-hetero) is 1. The summed E-state index contributed by atoms with van der Waals surface area (Å²) in [5, 5.41) is 16.4. The van der Waals surface area contributed by atoms with Crippen LogP contribution in [0.15, 0.2) is 55.1 Å². The monoisotopic (exact) mass is 528 g/mol. The van der Waals surface area contributed by atoms with Crippen LogP contribution < -0.4 is 15.4 Å². The fourth-order valence-electron chi connectivity index (χ4n) is 4.50. The Kier molecular flexibility index (Phi) is 7.22. The number of amides is 1. The quantitative estimate of drug-likeness (QED) is 0.214. The smallest absolute Gasteiger partial charge is 0.243 e. The van der Waals surface area contributed by atoms with E-state index in [-0.39, 0.29) is 29.9 Å². The Morgan fingerprint density at radius 1 is 1.26 bits per heavy atom. The number of aromatic nitrogens is 1. The Morgan fingerprint density at radius 2 is 2.11 bits per heavy atom. The lowest BCUT2D eigenvalue weighted by Gasteiger charge is -2.14. The van der Waals surface area contributed by atoms with Gasteiger partial charge in [0.1, 0.15) is 17.2 Å². The molecule has 8 nitrogen and oxygen atoms in total. The van der Waals surface area contributed by atoms with Crippen molar-refractivity contribution in [3.63, 3.8) is 0 Å². The summed E-state index contributed by atoms with van der Waals surface area (Å²) in [5.41, 5.74) is 4.21. The average molecular weight is 529 g/mol. The molecule has 3 N–H and O–H groups in total. The SMILES string of the molecule is C=CC(=O)NCc1cc(-c2ccc3c(ccc4sc5c(c43)NCC(C)C(=N)C5=O)n2)ccc1OCCOC. The normalized spacial score (nSPS) is 15.2. The predicted molar refractivity (Wildman–Crippen MR) is 152 cm³/mol. The first-order valence-corrected chi connectivity index (χ1v) is 13.1. The third-order valence-electron chi connectivity index (χ3n) is 6.59. The first-order valence-electron chi connectivity index (χ1n) is 12.3. The second kappa shape index (κ2) is 10.7. The second-order valence-electron chi connectivity index (χ2n) is 9.12. The molecule has 1 aliphatic heterocycles. The van der Waals surface area contributed by atoms with Gasteiger partial charge in [-0.15, -0.1) is 11.3 Å². The summed E-state index contributed by atoms with van der Waals surface area (Å²) in [6.07, 6.45) is 1.23. The Balaban J connectivity index is 1.54. The van der Waals surface area contributed by atoms with E-state index in [1.807, 2.05) is 49.4 Å². The van der Waals surface area contributed by atoms with Gasteiger partial charge >= 0.3 is 0 Å². The van der Waals surface area contributed by atoms with Gasteiger partial charge in [0, 0.05) is 52.7 Å². The standard InChI is InChI=1S/C29H28N4O4S/c1-4-24(34)31-15-18-13-17(5-9-22(18)37-12-11-36-3)20-7-6-19-21(33-20)8-10-23-25(19)27-29(38-23)28(35)26(30)16(2)14-32-27/h4-10,13,16,30,32H,1,11-12,14-15H2,2-3H3,(H,31,34). The Morgan fingerprint density at radius 3 is 2.89 bits per heavy atom. The zero-order valence-corrected chi connectivity index (χ0v) is 22.0. The lowest BCUT2D eigenvalue weighted by atomic mass is 10.0. The van der Waals surface area contributed by atoms with Crippen molar-refractivity contribution < 1.29 is 19.1 Å². The van der Waals surface area contributed by atoms with Crippen LogP contribution in [0.4, 0.5) is 5.69 Å². The number of pyridine rings is 1. The molecule has 0 spiro atoms. The molecule has 0 bridgehead atoms. The van der Waals surface area contributed by atoms with Gasteiger partial charge in [-0.25, -0.2) is 4.98 Å². The van der Waals surface area contributed by atoms with Crippen molar-refractivity contribution in [2.24, 2.45) is 5.92 Å². The maximum Gasteiger partial charge on any atom is 0.243 e. The van der Waals surface area contributed by atoms with Crippen molar-refractivity contribution in [2.45, 2.75) is 13.5 Å². The summed E-state index contributed by atoms with van der Waals surface area (Å²) in [6.45, 7) is 7.06. The summed E-state index contributed by atoms with van der Waals surface area (Å²) < 4.78 is 11.9. The number of thiophene rings is 1. The van der Waals surface area contributed by atoms with Gasteiger partial charge in [0.25, 0.3) is 0 Å². The van der Waals surface area contributed by atoms with Crippen molar-refractivity contribution in [1.29, 1.82) is 5.41 Å². The molecule has 1 unspecified atom stereocenters. The number of ketones is 1. The third kappa shape index (κ3) is 4.78. The number of carbonyl (C=O) groups is 2. The van der Waals surface area contributed by atoms with Gasteiger partial charge in [-0.1, -0.05) is 13.5 Å². The molecule has 5 rings (SSSR count). The molecule has 3 heterocycles. The first-order chi connectivity index (χ1) is 18.4. The molecule has 194 valence electrons. The minimum atomic E-state index is -0.266. The maximum absolute atomic E-state index is 12.9. The molecule has 0 aliphatic carbocycles. The van der Waals surface area contributed by atoms with E-state index in [0.29, 0.717) is 30.4 Å². The van der Waals surface area contributed by atoms with Gasteiger partial charge in [-0.3, -0.25) is 9.59 Å². The van der Waals surface area contributed by atoms with Crippen LogP contribution in [0.3, 0.4) is 0 Å². The molecule has 0 fully saturated rings. The molecule has 1 atom stereocenters.